The van der Waals surface area contributed by atoms with E-state index in [9.17, 15) is 10.1 Å². The van der Waals surface area contributed by atoms with E-state index in [1.807, 2.05) is 0 Å². The van der Waals surface area contributed by atoms with Gasteiger partial charge in [-0.25, -0.2) is 9.97 Å². The number of hydrogen-bond acceptors (Lipinski definition) is 6. The minimum Gasteiger partial charge on any atom is -0.378 e. The molecule has 0 amide bonds. The molecule has 2 aromatic heterocycles. The number of nitro groups is 1. The monoisotopic (exact) mass is 236 g/mol. The van der Waals surface area contributed by atoms with Crippen LogP contribution in [0.5, 0.6) is 0 Å². The third kappa shape index (κ3) is 2.51. The lowest BCUT2D eigenvalue weighted by Crippen LogP contribution is -1.97. The topological polar surface area (TPSA) is 81.0 Å². The normalized spacial score (nSPS) is 10.0. The first-order chi connectivity index (χ1) is 7.75. The molecule has 16 heavy (non-hydrogen) atoms. The zero-order chi connectivity index (χ0) is 11.4. The average Bonchev–Trinajstić information content (AvgIpc) is 2.76. The van der Waals surface area contributed by atoms with Crippen LogP contribution < -0.4 is 5.32 Å². The van der Waals surface area contributed by atoms with Crippen molar-refractivity contribution < 1.29 is 4.92 Å². The maximum Gasteiger partial charge on any atom is 0.324 e. The van der Waals surface area contributed by atoms with Crippen LogP contribution in [0.3, 0.4) is 0 Å². The Labute approximate surface area is 95.1 Å². The molecule has 0 bridgehead atoms. The van der Waals surface area contributed by atoms with Gasteiger partial charge in [-0.15, -0.1) is 0 Å². The number of nitrogens with one attached hydrogen (secondary N) is 1. The van der Waals surface area contributed by atoms with E-state index in [0.29, 0.717) is 6.54 Å². The van der Waals surface area contributed by atoms with Crippen molar-refractivity contribution in [3.63, 3.8) is 0 Å². The molecule has 0 saturated carbocycles. The van der Waals surface area contributed by atoms with Gasteiger partial charge >= 0.3 is 5.00 Å². The van der Waals surface area contributed by atoms with Crippen molar-refractivity contribution in [3.8, 4) is 0 Å². The first kappa shape index (κ1) is 10.5. The molecule has 0 aliphatic rings. The first-order valence-corrected chi connectivity index (χ1v) is 5.29. The highest BCUT2D eigenvalue weighted by Crippen LogP contribution is 2.24. The fourth-order valence-electron chi connectivity index (χ4n) is 1.14. The standard InChI is InChI=1S/C9H8N4O2S/c14-13(15)9-2-1-8(16-9)5-12-7-3-10-6-11-4-7/h1-4,6,12H,5H2. The summed E-state index contributed by atoms with van der Waals surface area (Å²) in [6.45, 7) is 0.534. The Balaban J connectivity index is 1.97. The Morgan fingerprint density at radius 2 is 2.12 bits per heavy atom. The van der Waals surface area contributed by atoms with Crippen molar-refractivity contribution in [2.24, 2.45) is 0 Å². The maximum absolute atomic E-state index is 10.5. The quantitative estimate of drug-likeness (QED) is 0.649. The summed E-state index contributed by atoms with van der Waals surface area (Å²) in [6.07, 6.45) is 4.74. The summed E-state index contributed by atoms with van der Waals surface area (Å²) in [5.74, 6) is 0. The molecule has 0 atom stereocenters. The molecule has 2 aromatic rings. The first-order valence-electron chi connectivity index (χ1n) is 4.47. The molecule has 0 saturated heterocycles. The van der Waals surface area contributed by atoms with E-state index in [2.05, 4.69) is 15.3 Å². The van der Waals surface area contributed by atoms with Crippen LogP contribution in [0.15, 0.2) is 30.9 Å². The maximum atomic E-state index is 10.5. The zero-order valence-corrected chi connectivity index (χ0v) is 8.98. The Morgan fingerprint density at radius 3 is 2.75 bits per heavy atom. The lowest BCUT2D eigenvalue weighted by atomic mass is 10.4. The van der Waals surface area contributed by atoms with Gasteiger partial charge in [0.05, 0.1) is 23.0 Å². The van der Waals surface area contributed by atoms with Gasteiger partial charge in [-0.1, -0.05) is 11.3 Å². The Hall–Kier alpha value is -2.02. The van der Waals surface area contributed by atoms with Gasteiger partial charge in [-0.2, -0.15) is 0 Å². The summed E-state index contributed by atoms with van der Waals surface area (Å²) in [5, 5.41) is 13.7. The molecule has 0 aromatic carbocycles. The van der Waals surface area contributed by atoms with Crippen LogP contribution in [0.2, 0.25) is 0 Å². The Kier molecular flexibility index (Phi) is 3.06. The summed E-state index contributed by atoms with van der Waals surface area (Å²) in [5.41, 5.74) is 0.790. The molecule has 7 heteroatoms. The second-order valence-corrected chi connectivity index (χ2v) is 4.12. The molecule has 0 spiro atoms. The number of nitrogens with zero attached hydrogens (tertiary/aromatic N) is 3. The summed E-state index contributed by atoms with van der Waals surface area (Å²) >= 11 is 1.16. The van der Waals surface area contributed by atoms with E-state index in [-0.39, 0.29) is 9.92 Å². The van der Waals surface area contributed by atoms with E-state index >= 15 is 0 Å². The number of anilines is 1. The second kappa shape index (κ2) is 4.67. The number of rotatable bonds is 4. The van der Waals surface area contributed by atoms with Crippen LogP contribution >= 0.6 is 11.3 Å². The Bertz CT molecular complexity index is 485. The van der Waals surface area contributed by atoms with E-state index in [0.717, 1.165) is 21.9 Å². The highest BCUT2D eigenvalue weighted by Gasteiger charge is 2.08. The van der Waals surface area contributed by atoms with Crippen LogP contribution in [0.1, 0.15) is 4.88 Å². The lowest BCUT2D eigenvalue weighted by molar-refractivity contribution is -0.380. The van der Waals surface area contributed by atoms with Gasteiger partial charge in [0.25, 0.3) is 0 Å². The van der Waals surface area contributed by atoms with Crippen molar-refractivity contribution in [3.05, 3.63) is 45.8 Å². The molecule has 0 aliphatic heterocycles. The van der Waals surface area contributed by atoms with Gasteiger partial charge in [0.15, 0.2) is 0 Å². The van der Waals surface area contributed by atoms with Crippen LogP contribution in [0.4, 0.5) is 10.7 Å². The third-order valence-electron chi connectivity index (χ3n) is 1.85. The van der Waals surface area contributed by atoms with Crippen LogP contribution in [-0.4, -0.2) is 14.9 Å². The minimum atomic E-state index is -0.389. The average molecular weight is 236 g/mol. The molecular formula is C9H8N4O2S. The van der Waals surface area contributed by atoms with Gasteiger partial charge in [0, 0.05) is 17.5 Å². The SMILES string of the molecule is O=[N+]([O-])c1ccc(CNc2cncnc2)s1. The van der Waals surface area contributed by atoms with Gasteiger partial charge in [-0.3, -0.25) is 10.1 Å². The molecule has 0 aliphatic carbocycles. The van der Waals surface area contributed by atoms with Crippen molar-refractivity contribution in [1.29, 1.82) is 0 Å². The highest BCUT2D eigenvalue weighted by molar-refractivity contribution is 7.15. The molecular weight excluding hydrogens is 228 g/mol. The number of hydrogen-bond donors (Lipinski definition) is 1. The van der Waals surface area contributed by atoms with Crippen molar-refractivity contribution in [2.75, 3.05) is 5.32 Å². The van der Waals surface area contributed by atoms with Crippen molar-refractivity contribution in [1.82, 2.24) is 9.97 Å². The summed E-state index contributed by atoms with van der Waals surface area (Å²) in [4.78, 5) is 18.7. The van der Waals surface area contributed by atoms with Crippen LogP contribution in [-0.2, 0) is 6.54 Å². The van der Waals surface area contributed by atoms with Gasteiger partial charge in [-0.05, 0) is 6.07 Å². The van der Waals surface area contributed by atoms with E-state index < -0.39 is 0 Å². The van der Waals surface area contributed by atoms with Gasteiger partial charge in [0.2, 0.25) is 0 Å². The minimum absolute atomic E-state index is 0.154. The number of thiophene rings is 1. The third-order valence-corrected chi connectivity index (χ3v) is 2.89. The second-order valence-electron chi connectivity index (χ2n) is 2.98. The van der Waals surface area contributed by atoms with Crippen LogP contribution in [0.25, 0.3) is 0 Å². The van der Waals surface area contributed by atoms with E-state index in [4.69, 9.17) is 0 Å². The molecule has 2 rings (SSSR count). The van der Waals surface area contributed by atoms with Crippen LogP contribution in [0, 0.1) is 10.1 Å². The number of aromatic nitrogens is 2. The molecule has 1 N–H and O–H groups in total. The Morgan fingerprint density at radius 1 is 1.38 bits per heavy atom. The fraction of sp³-hybridized carbons (Fsp3) is 0.111. The summed E-state index contributed by atoms with van der Waals surface area (Å²) in [6, 6.07) is 3.24. The molecule has 2 heterocycles. The van der Waals surface area contributed by atoms with E-state index in [1.165, 1.54) is 12.4 Å². The van der Waals surface area contributed by atoms with Gasteiger partial charge in [0.1, 0.15) is 6.33 Å². The molecule has 0 fully saturated rings. The molecule has 82 valence electrons. The zero-order valence-electron chi connectivity index (χ0n) is 8.16. The van der Waals surface area contributed by atoms with Crippen molar-refractivity contribution >= 4 is 22.0 Å². The predicted molar refractivity (Wildman–Crippen MR) is 60.3 cm³/mol. The largest absolute Gasteiger partial charge is 0.378 e. The summed E-state index contributed by atoms with van der Waals surface area (Å²) < 4.78 is 0. The van der Waals surface area contributed by atoms with Gasteiger partial charge < -0.3 is 5.32 Å². The molecule has 6 nitrogen and oxygen atoms in total. The molecule has 0 unspecified atom stereocenters. The molecule has 0 radical (unpaired) electrons. The fourth-order valence-corrected chi connectivity index (χ4v) is 1.90. The lowest BCUT2D eigenvalue weighted by Gasteiger charge is -2.01. The summed E-state index contributed by atoms with van der Waals surface area (Å²) in [7, 11) is 0. The highest BCUT2D eigenvalue weighted by atomic mass is 32.1. The van der Waals surface area contributed by atoms with E-state index in [1.54, 1.807) is 18.5 Å². The smallest absolute Gasteiger partial charge is 0.324 e. The predicted octanol–water partition coefficient (Wildman–Crippen LogP) is 2.06. The van der Waals surface area contributed by atoms with Crippen molar-refractivity contribution in [2.45, 2.75) is 6.54 Å².